The van der Waals surface area contributed by atoms with Crippen molar-refractivity contribution < 1.29 is 9.50 Å². The summed E-state index contributed by atoms with van der Waals surface area (Å²) in [5.41, 5.74) is -0.167. The lowest BCUT2D eigenvalue weighted by molar-refractivity contribution is 0.0996. The molecule has 2 aliphatic rings. The maximum atomic E-state index is 12.9. The van der Waals surface area contributed by atoms with Gasteiger partial charge in [0.05, 0.1) is 6.61 Å². The van der Waals surface area contributed by atoms with Gasteiger partial charge in [0.25, 0.3) is 0 Å². The Kier molecular flexibility index (Phi) is 2.97. The van der Waals surface area contributed by atoms with Crippen LogP contribution in [-0.4, -0.2) is 41.4 Å². The van der Waals surface area contributed by atoms with E-state index in [1.807, 2.05) is 0 Å². The van der Waals surface area contributed by atoms with E-state index in [1.54, 1.807) is 0 Å². The van der Waals surface area contributed by atoms with Crippen LogP contribution in [0.2, 0.25) is 0 Å². The Morgan fingerprint density at radius 3 is 2.92 bits per heavy atom. The predicted molar refractivity (Wildman–Crippen MR) is 47.4 cm³/mol. The lowest BCUT2D eigenvalue weighted by Gasteiger charge is -2.28. The maximum absolute atomic E-state index is 12.9. The lowest BCUT2D eigenvalue weighted by Crippen LogP contribution is -2.41. The lowest BCUT2D eigenvalue weighted by atomic mass is 9.95. The van der Waals surface area contributed by atoms with Gasteiger partial charge in [-0.1, -0.05) is 0 Å². The molecule has 2 heterocycles. The molecule has 0 spiro atoms. The number of hydrogen-bond acceptors (Lipinski definition) is 2. The van der Waals surface area contributed by atoms with Gasteiger partial charge in [-0.3, -0.25) is 4.90 Å². The Morgan fingerprint density at radius 2 is 2.33 bits per heavy atom. The number of nitrogens with zero attached hydrogens (tertiary/aromatic N) is 1. The zero-order valence-electron chi connectivity index (χ0n) is 7.00. The summed E-state index contributed by atoms with van der Waals surface area (Å²) in [4.78, 5) is 2.11. The van der Waals surface area contributed by atoms with E-state index in [0.717, 1.165) is 19.4 Å². The van der Waals surface area contributed by atoms with Crippen LogP contribution in [0.4, 0.5) is 4.39 Å². The fourth-order valence-corrected chi connectivity index (χ4v) is 2.47. The predicted octanol–water partition coefficient (Wildman–Crippen LogP) is 0.977. The average molecular weight is 196 g/mol. The normalized spacial score (nSPS) is 41.0. The van der Waals surface area contributed by atoms with E-state index >= 15 is 0 Å². The molecule has 0 unspecified atom stereocenters. The highest BCUT2D eigenvalue weighted by atomic mass is 35.5. The van der Waals surface area contributed by atoms with Crippen molar-refractivity contribution in [1.82, 2.24) is 4.90 Å². The summed E-state index contributed by atoms with van der Waals surface area (Å²) in [5.74, 6) is 0. The van der Waals surface area contributed by atoms with Gasteiger partial charge in [-0.2, -0.15) is 0 Å². The number of halogens is 2. The van der Waals surface area contributed by atoms with Crippen LogP contribution in [0, 0.1) is 0 Å². The van der Waals surface area contributed by atoms with E-state index in [9.17, 15) is 4.39 Å². The largest absolute Gasteiger partial charge is 0.394 e. The van der Waals surface area contributed by atoms with Crippen LogP contribution < -0.4 is 0 Å². The molecule has 0 aliphatic carbocycles. The van der Waals surface area contributed by atoms with E-state index in [0.29, 0.717) is 13.0 Å². The first kappa shape index (κ1) is 10.2. The summed E-state index contributed by atoms with van der Waals surface area (Å²) in [6, 6.07) is 0. The molecule has 0 bridgehead atoms. The molecule has 0 amide bonds. The minimum absolute atomic E-state index is 0. The highest BCUT2D eigenvalue weighted by molar-refractivity contribution is 5.85. The van der Waals surface area contributed by atoms with Crippen LogP contribution in [0.1, 0.15) is 19.3 Å². The molecule has 0 radical (unpaired) electrons. The molecular formula is C8H15ClFNO. The first-order valence-electron chi connectivity index (χ1n) is 4.27. The van der Waals surface area contributed by atoms with Gasteiger partial charge in [-0.05, 0) is 19.4 Å². The van der Waals surface area contributed by atoms with Crippen molar-refractivity contribution in [2.24, 2.45) is 0 Å². The summed E-state index contributed by atoms with van der Waals surface area (Å²) in [6.45, 7) is 1.65. The Balaban J connectivity index is 0.000000720. The molecule has 1 N–H and O–H groups in total. The molecular weight excluding hydrogens is 181 g/mol. The molecule has 2 fully saturated rings. The van der Waals surface area contributed by atoms with Crippen LogP contribution >= 0.6 is 12.4 Å². The summed E-state index contributed by atoms with van der Waals surface area (Å²) in [6.07, 6.45) is 1.93. The number of alkyl halides is 1. The van der Waals surface area contributed by atoms with Crippen LogP contribution in [0.5, 0.6) is 0 Å². The first-order valence-corrected chi connectivity index (χ1v) is 4.27. The van der Waals surface area contributed by atoms with Crippen molar-refractivity contribution in [2.45, 2.75) is 31.0 Å². The van der Waals surface area contributed by atoms with E-state index in [4.69, 9.17) is 5.11 Å². The van der Waals surface area contributed by atoms with Gasteiger partial charge >= 0.3 is 0 Å². The molecule has 0 aromatic rings. The molecule has 0 aromatic heterocycles. The van der Waals surface area contributed by atoms with Crippen molar-refractivity contribution in [3.63, 3.8) is 0 Å². The van der Waals surface area contributed by atoms with Crippen LogP contribution in [0.15, 0.2) is 0 Å². The third kappa shape index (κ3) is 1.34. The summed E-state index contributed by atoms with van der Waals surface area (Å²) in [5, 5.41) is 9.14. The molecule has 2 nitrogen and oxygen atoms in total. The highest BCUT2D eigenvalue weighted by Crippen LogP contribution is 2.39. The number of hydrogen-bond donors (Lipinski definition) is 1. The second-order valence-corrected chi connectivity index (χ2v) is 3.73. The Bertz CT molecular complexity index is 169. The van der Waals surface area contributed by atoms with Gasteiger partial charge in [-0.15, -0.1) is 12.4 Å². The molecule has 0 saturated carbocycles. The molecule has 12 heavy (non-hydrogen) atoms. The topological polar surface area (TPSA) is 23.5 Å². The number of rotatable bonds is 1. The minimum Gasteiger partial charge on any atom is -0.394 e. The SMILES string of the molecule is Cl.OC[C@@]12CCCN1C[C@H](F)C2. The zero-order valence-corrected chi connectivity index (χ0v) is 7.82. The second-order valence-electron chi connectivity index (χ2n) is 3.73. The fourth-order valence-electron chi connectivity index (χ4n) is 2.47. The van der Waals surface area contributed by atoms with Crippen molar-refractivity contribution in [1.29, 1.82) is 0 Å². The monoisotopic (exact) mass is 195 g/mol. The molecule has 2 atom stereocenters. The summed E-state index contributed by atoms with van der Waals surface area (Å²) >= 11 is 0. The fraction of sp³-hybridized carbons (Fsp3) is 1.00. The smallest absolute Gasteiger partial charge is 0.115 e. The van der Waals surface area contributed by atoms with Gasteiger partial charge in [0.15, 0.2) is 0 Å². The second kappa shape index (κ2) is 3.48. The number of aliphatic hydroxyl groups is 1. The van der Waals surface area contributed by atoms with Crippen LogP contribution in [0.3, 0.4) is 0 Å². The molecule has 2 aliphatic heterocycles. The van der Waals surface area contributed by atoms with Gasteiger partial charge < -0.3 is 5.11 Å². The van der Waals surface area contributed by atoms with Crippen molar-refractivity contribution in [3.05, 3.63) is 0 Å². The van der Waals surface area contributed by atoms with E-state index < -0.39 is 6.17 Å². The standard InChI is InChI=1S/C8H14FNO.ClH/c9-7-4-8(6-11)2-1-3-10(8)5-7;/h7,11H,1-6H2;1H/t7-,8+;/m1./s1. The molecule has 0 aromatic carbocycles. The van der Waals surface area contributed by atoms with Gasteiger partial charge in [-0.25, -0.2) is 4.39 Å². The van der Waals surface area contributed by atoms with Gasteiger partial charge in [0.2, 0.25) is 0 Å². The average Bonchev–Trinajstić information content (AvgIpc) is 2.43. The highest BCUT2D eigenvalue weighted by Gasteiger charge is 2.47. The number of aliphatic hydroxyl groups excluding tert-OH is 1. The molecule has 72 valence electrons. The summed E-state index contributed by atoms with van der Waals surface area (Å²) < 4.78 is 12.9. The van der Waals surface area contributed by atoms with Crippen molar-refractivity contribution >= 4 is 12.4 Å². The van der Waals surface area contributed by atoms with E-state index in [-0.39, 0.29) is 24.6 Å². The van der Waals surface area contributed by atoms with Crippen LogP contribution in [-0.2, 0) is 0 Å². The quantitative estimate of drug-likeness (QED) is 0.674. The zero-order chi connectivity index (χ0) is 7.90. The third-order valence-corrected chi connectivity index (χ3v) is 3.06. The van der Waals surface area contributed by atoms with Gasteiger partial charge in [0.1, 0.15) is 6.17 Å². The van der Waals surface area contributed by atoms with E-state index in [2.05, 4.69) is 4.90 Å². The molecule has 4 heteroatoms. The van der Waals surface area contributed by atoms with E-state index in [1.165, 1.54) is 0 Å². The first-order chi connectivity index (χ1) is 5.27. The van der Waals surface area contributed by atoms with Crippen molar-refractivity contribution in [3.8, 4) is 0 Å². The Hall–Kier alpha value is 0.140. The minimum atomic E-state index is -0.706. The summed E-state index contributed by atoms with van der Waals surface area (Å²) in [7, 11) is 0. The van der Waals surface area contributed by atoms with Crippen molar-refractivity contribution in [2.75, 3.05) is 19.7 Å². The van der Waals surface area contributed by atoms with Crippen LogP contribution in [0.25, 0.3) is 0 Å². The molecule has 2 saturated heterocycles. The maximum Gasteiger partial charge on any atom is 0.115 e. The van der Waals surface area contributed by atoms with Gasteiger partial charge in [0, 0.05) is 18.5 Å². The Labute approximate surface area is 78.2 Å². The molecule has 2 rings (SSSR count). The Morgan fingerprint density at radius 1 is 1.58 bits per heavy atom. The number of fused-ring (bicyclic) bond motifs is 1. The third-order valence-electron chi connectivity index (χ3n) is 3.06.